The van der Waals surface area contributed by atoms with Crippen LogP contribution in [-0.4, -0.2) is 20.9 Å². The number of benzene rings is 1. The zero-order chi connectivity index (χ0) is 21.1. The minimum Gasteiger partial charge on any atom is -0.346 e. The van der Waals surface area contributed by atoms with Crippen molar-refractivity contribution in [2.24, 2.45) is 5.92 Å². The number of nitrogens with zero attached hydrogens (tertiary/aromatic N) is 2. The summed E-state index contributed by atoms with van der Waals surface area (Å²) in [7, 11) is 0. The first kappa shape index (κ1) is 20.3. The highest BCUT2D eigenvalue weighted by molar-refractivity contribution is 5.78. The molecule has 0 radical (unpaired) electrons. The van der Waals surface area contributed by atoms with Gasteiger partial charge < -0.3 is 15.3 Å². The maximum atomic E-state index is 12.7. The molecule has 2 heterocycles. The van der Waals surface area contributed by atoms with Gasteiger partial charge >= 0.3 is 0 Å². The second-order valence-corrected chi connectivity index (χ2v) is 7.60. The summed E-state index contributed by atoms with van der Waals surface area (Å²) in [5.74, 6) is 0.784. The summed E-state index contributed by atoms with van der Waals surface area (Å²) < 4.78 is 0. The number of hydrogen-bond acceptors (Lipinski definition) is 4. The van der Waals surface area contributed by atoms with Crippen molar-refractivity contribution in [2.45, 2.75) is 46.6 Å². The van der Waals surface area contributed by atoms with Gasteiger partial charge in [0.25, 0.3) is 5.56 Å². The first-order valence-corrected chi connectivity index (χ1v) is 9.68. The lowest BCUT2D eigenvalue weighted by molar-refractivity contribution is -0.122. The zero-order valence-corrected chi connectivity index (χ0v) is 17.1. The highest BCUT2D eigenvalue weighted by Gasteiger charge is 2.22. The van der Waals surface area contributed by atoms with Crippen LogP contribution in [0, 0.1) is 31.1 Å². The van der Waals surface area contributed by atoms with E-state index in [4.69, 9.17) is 0 Å². The maximum absolute atomic E-state index is 12.7. The number of nitrogens with one attached hydrogen (secondary N) is 3. The van der Waals surface area contributed by atoms with Gasteiger partial charge in [-0.1, -0.05) is 26.0 Å². The molecule has 0 unspecified atom stereocenters. The van der Waals surface area contributed by atoms with E-state index in [0.29, 0.717) is 17.7 Å². The normalized spacial score (nSPS) is 12.1. The smallest absolute Gasteiger partial charge is 0.266 e. The molecule has 29 heavy (non-hydrogen) atoms. The van der Waals surface area contributed by atoms with Crippen LogP contribution in [0.1, 0.15) is 54.5 Å². The molecule has 1 aromatic carbocycles. The molecule has 0 fully saturated rings. The minimum atomic E-state index is -0.388. The summed E-state index contributed by atoms with van der Waals surface area (Å²) in [5.41, 5.74) is 3.68. The number of hydrogen-bond donors (Lipinski definition) is 3. The van der Waals surface area contributed by atoms with Crippen molar-refractivity contribution < 1.29 is 4.79 Å². The van der Waals surface area contributed by atoms with Crippen molar-refractivity contribution in [3.05, 3.63) is 62.8 Å². The summed E-state index contributed by atoms with van der Waals surface area (Å²) in [6.45, 7) is 7.61. The predicted molar refractivity (Wildman–Crippen MR) is 111 cm³/mol. The van der Waals surface area contributed by atoms with Crippen LogP contribution in [0.5, 0.6) is 0 Å². The monoisotopic (exact) mass is 391 g/mol. The van der Waals surface area contributed by atoms with E-state index in [-0.39, 0.29) is 35.4 Å². The quantitative estimate of drug-likeness (QED) is 0.598. The average molecular weight is 391 g/mol. The predicted octanol–water partition coefficient (Wildman–Crippen LogP) is 3.19. The van der Waals surface area contributed by atoms with Gasteiger partial charge in [0, 0.05) is 12.1 Å². The molecular formula is C22H25N5O2. The molecule has 0 saturated heterocycles. The van der Waals surface area contributed by atoms with Crippen molar-refractivity contribution in [1.29, 1.82) is 5.26 Å². The molecule has 2 aromatic heterocycles. The van der Waals surface area contributed by atoms with Crippen molar-refractivity contribution >= 4 is 16.9 Å². The minimum absolute atomic E-state index is 0.104. The maximum Gasteiger partial charge on any atom is 0.266 e. The summed E-state index contributed by atoms with van der Waals surface area (Å²) in [5, 5.41) is 12.3. The summed E-state index contributed by atoms with van der Waals surface area (Å²) in [6.07, 6.45) is 0.696. The number of rotatable bonds is 6. The standard InChI is InChI=1S/C22H25N5O2/c1-12(2)20(21-25-17-7-5-6-8-18(17)26-21)27-19(28)10-9-15-13(3)16(11-23)22(29)24-14(15)4/h5-8,12,20H,9-10H2,1-4H3,(H,24,29)(H,25,26)(H,27,28)/t20-/m0/s1. The molecule has 0 bridgehead atoms. The van der Waals surface area contributed by atoms with Gasteiger partial charge in [0.2, 0.25) is 5.91 Å². The summed E-state index contributed by atoms with van der Waals surface area (Å²) in [4.78, 5) is 35.2. The van der Waals surface area contributed by atoms with Crippen LogP contribution >= 0.6 is 0 Å². The van der Waals surface area contributed by atoms with Crippen molar-refractivity contribution in [3.63, 3.8) is 0 Å². The highest BCUT2D eigenvalue weighted by atomic mass is 16.1. The van der Waals surface area contributed by atoms with Gasteiger partial charge in [0.15, 0.2) is 0 Å². The Labute approximate surface area is 169 Å². The van der Waals surface area contributed by atoms with Gasteiger partial charge in [-0.15, -0.1) is 0 Å². The second kappa shape index (κ2) is 8.31. The number of aryl methyl sites for hydroxylation is 1. The highest BCUT2D eigenvalue weighted by Crippen LogP contribution is 2.22. The van der Waals surface area contributed by atoms with Crippen LogP contribution in [0.4, 0.5) is 0 Å². The number of carbonyl (C=O) groups is 1. The Morgan fingerprint density at radius 2 is 1.97 bits per heavy atom. The third kappa shape index (κ3) is 4.21. The fourth-order valence-corrected chi connectivity index (χ4v) is 3.58. The molecular weight excluding hydrogens is 366 g/mol. The molecule has 7 nitrogen and oxygen atoms in total. The SMILES string of the molecule is Cc1[nH]c(=O)c(C#N)c(C)c1CCC(=O)N[C@H](c1nc2ccccc2[nH]1)C(C)C. The van der Waals surface area contributed by atoms with Crippen LogP contribution in [0.15, 0.2) is 29.1 Å². The number of para-hydroxylation sites is 2. The van der Waals surface area contributed by atoms with Gasteiger partial charge in [-0.2, -0.15) is 5.26 Å². The lowest BCUT2D eigenvalue weighted by Crippen LogP contribution is -2.32. The van der Waals surface area contributed by atoms with E-state index >= 15 is 0 Å². The molecule has 0 aliphatic rings. The first-order chi connectivity index (χ1) is 13.8. The average Bonchev–Trinajstić information content (AvgIpc) is 3.09. The van der Waals surface area contributed by atoms with Gasteiger partial charge in [-0.3, -0.25) is 9.59 Å². The van der Waals surface area contributed by atoms with Gasteiger partial charge in [0.05, 0.1) is 17.1 Å². The molecule has 3 rings (SSSR count). The molecule has 1 atom stereocenters. The van der Waals surface area contributed by atoms with Crippen LogP contribution in [0.2, 0.25) is 0 Å². The Morgan fingerprint density at radius 1 is 1.24 bits per heavy atom. The van der Waals surface area contributed by atoms with E-state index in [1.54, 1.807) is 13.8 Å². The Balaban J connectivity index is 1.75. The molecule has 3 N–H and O–H groups in total. The first-order valence-electron chi connectivity index (χ1n) is 9.68. The summed E-state index contributed by atoms with van der Waals surface area (Å²) >= 11 is 0. The number of pyridine rings is 1. The molecule has 0 aliphatic heterocycles. The number of carbonyl (C=O) groups excluding carboxylic acids is 1. The van der Waals surface area contributed by atoms with Gasteiger partial charge in [-0.05, 0) is 49.4 Å². The van der Waals surface area contributed by atoms with Gasteiger partial charge in [-0.25, -0.2) is 4.98 Å². The van der Waals surface area contributed by atoms with E-state index in [9.17, 15) is 14.9 Å². The molecule has 7 heteroatoms. The number of H-pyrrole nitrogens is 2. The fraction of sp³-hybridized carbons (Fsp3) is 0.364. The third-order valence-electron chi connectivity index (χ3n) is 5.21. The van der Waals surface area contributed by atoms with Crippen LogP contribution in [0.25, 0.3) is 11.0 Å². The largest absolute Gasteiger partial charge is 0.346 e. The Bertz CT molecular complexity index is 1120. The molecule has 150 valence electrons. The number of aromatic amines is 2. The van der Waals surface area contributed by atoms with Crippen LogP contribution in [-0.2, 0) is 11.2 Å². The van der Waals surface area contributed by atoms with Crippen molar-refractivity contribution in [3.8, 4) is 6.07 Å². The number of nitriles is 1. The van der Waals surface area contributed by atoms with E-state index in [1.807, 2.05) is 44.2 Å². The van der Waals surface area contributed by atoms with E-state index in [0.717, 1.165) is 22.4 Å². The zero-order valence-electron chi connectivity index (χ0n) is 17.1. The molecule has 0 saturated carbocycles. The van der Waals surface area contributed by atoms with Crippen LogP contribution < -0.4 is 10.9 Å². The molecule has 0 spiro atoms. The summed E-state index contributed by atoms with van der Waals surface area (Å²) in [6, 6.07) is 9.47. The lowest BCUT2D eigenvalue weighted by Gasteiger charge is -2.20. The Kier molecular flexibility index (Phi) is 5.83. The number of fused-ring (bicyclic) bond motifs is 1. The molecule has 3 aromatic rings. The Hall–Kier alpha value is -3.40. The number of imidazole rings is 1. The topological polar surface area (TPSA) is 114 Å². The fourth-order valence-electron chi connectivity index (χ4n) is 3.58. The van der Waals surface area contributed by atoms with E-state index in [1.165, 1.54) is 0 Å². The third-order valence-corrected chi connectivity index (χ3v) is 5.21. The van der Waals surface area contributed by atoms with Crippen molar-refractivity contribution in [2.75, 3.05) is 0 Å². The Morgan fingerprint density at radius 3 is 2.62 bits per heavy atom. The lowest BCUT2D eigenvalue weighted by atomic mass is 9.98. The van der Waals surface area contributed by atoms with E-state index < -0.39 is 0 Å². The van der Waals surface area contributed by atoms with Gasteiger partial charge in [0.1, 0.15) is 17.5 Å². The number of aromatic nitrogens is 3. The molecule has 1 amide bonds. The van der Waals surface area contributed by atoms with E-state index in [2.05, 4.69) is 20.3 Å². The number of amides is 1. The second-order valence-electron chi connectivity index (χ2n) is 7.60. The molecule has 0 aliphatic carbocycles. The van der Waals surface area contributed by atoms with Crippen molar-refractivity contribution in [1.82, 2.24) is 20.3 Å². The van der Waals surface area contributed by atoms with Crippen LogP contribution in [0.3, 0.4) is 0 Å².